The maximum absolute atomic E-state index is 13.8. The van der Waals surface area contributed by atoms with Crippen LogP contribution in [0.25, 0.3) is 0 Å². The van der Waals surface area contributed by atoms with Crippen molar-refractivity contribution < 1.29 is 14.2 Å². The number of nitrogens with one attached hydrogen (secondary N) is 1. The Balaban J connectivity index is 1.84. The normalized spacial score (nSPS) is 18.5. The van der Waals surface area contributed by atoms with Gasteiger partial charge in [-0.2, -0.15) is 0 Å². The highest BCUT2D eigenvalue weighted by molar-refractivity contribution is 5.53. The molecule has 1 aliphatic heterocycles. The van der Waals surface area contributed by atoms with Crippen LogP contribution in [0.5, 0.6) is 11.5 Å². The molecule has 138 valence electrons. The number of halogens is 1. The van der Waals surface area contributed by atoms with Crippen molar-refractivity contribution in [3.63, 3.8) is 0 Å². The number of aryl methyl sites for hydroxylation is 1. The molecular weight excluding hydrogens is 341 g/mol. The number of fused-ring (bicyclic) bond motifs is 1. The molecule has 1 heterocycles. The largest absolute Gasteiger partial charge is 0.508 e. The van der Waals surface area contributed by atoms with Crippen LogP contribution in [-0.4, -0.2) is 18.8 Å². The topological polar surface area (TPSA) is 41.5 Å². The summed E-state index contributed by atoms with van der Waals surface area (Å²) >= 11 is 0. The van der Waals surface area contributed by atoms with Crippen molar-refractivity contribution in [2.45, 2.75) is 18.8 Å². The Morgan fingerprint density at radius 2 is 1.74 bits per heavy atom. The van der Waals surface area contributed by atoms with Crippen molar-refractivity contribution in [2.75, 3.05) is 19.0 Å². The monoisotopic (exact) mass is 363 g/mol. The Morgan fingerprint density at radius 1 is 1.00 bits per heavy atom. The summed E-state index contributed by atoms with van der Waals surface area (Å²) in [4.78, 5) is 0. The van der Waals surface area contributed by atoms with Crippen LogP contribution in [0.15, 0.2) is 60.7 Å². The summed E-state index contributed by atoms with van der Waals surface area (Å²) < 4.78 is 19.8. The summed E-state index contributed by atoms with van der Waals surface area (Å²) in [6.45, 7) is 2.26. The molecule has 0 aliphatic carbocycles. The van der Waals surface area contributed by atoms with Gasteiger partial charge in [-0.15, -0.1) is 0 Å². The van der Waals surface area contributed by atoms with Crippen molar-refractivity contribution in [3.8, 4) is 11.5 Å². The first-order valence-corrected chi connectivity index (χ1v) is 9.06. The van der Waals surface area contributed by atoms with Gasteiger partial charge in [0.1, 0.15) is 17.3 Å². The van der Waals surface area contributed by atoms with E-state index < -0.39 is 0 Å². The van der Waals surface area contributed by atoms with Gasteiger partial charge < -0.3 is 15.2 Å². The molecule has 0 radical (unpaired) electrons. The minimum absolute atomic E-state index is 0.0572. The molecule has 2 N–H and O–H groups in total. The summed E-state index contributed by atoms with van der Waals surface area (Å²) in [6.07, 6.45) is 0. The first-order chi connectivity index (χ1) is 13.1. The van der Waals surface area contributed by atoms with E-state index in [9.17, 15) is 9.50 Å². The third-order valence-corrected chi connectivity index (χ3v) is 5.32. The summed E-state index contributed by atoms with van der Waals surface area (Å²) in [6, 6.07) is 18.9. The average Bonchev–Trinajstić information content (AvgIpc) is 2.69. The van der Waals surface area contributed by atoms with Gasteiger partial charge in [-0.3, -0.25) is 0 Å². The first-order valence-electron chi connectivity index (χ1n) is 9.06. The van der Waals surface area contributed by atoms with E-state index in [1.54, 1.807) is 19.1 Å². The summed E-state index contributed by atoms with van der Waals surface area (Å²) in [5.41, 5.74) is 4.92. The number of phenols is 1. The van der Waals surface area contributed by atoms with Crippen LogP contribution in [0, 0.1) is 12.7 Å². The standard InChI is InChI=1S/C23H22FNO2/c1-14-11-16(5-10-21(14)24)20-13-27-22-12-18(26)8-9-19(22)23(20)15-3-6-17(25-2)7-4-15/h3-12,20,23,25-26H,13H2,1-2H3. The van der Waals surface area contributed by atoms with Crippen molar-refractivity contribution in [2.24, 2.45) is 0 Å². The van der Waals surface area contributed by atoms with Crippen molar-refractivity contribution in [1.29, 1.82) is 0 Å². The highest BCUT2D eigenvalue weighted by atomic mass is 19.1. The molecule has 2 atom stereocenters. The first kappa shape index (κ1) is 17.4. The van der Waals surface area contributed by atoms with Crippen LogP contribution in [0.4, 0.5) is 10.1 Å². The number of hydrogen-bond donors (Lipinski definition) is 2. The van der Waals surface area contributed by atoms with E-state index in [0.717, 1.165) is 22.4 Å². The maximum Gasteiger partial charge on any atom is 0.126 e. The zero-order chi connectivity index (χ0) is 19.0. The van der Waals surface area contributed by atoms with E-state index in [0.29, 0.717) is 17.9 Å². The predicted octanol–water partition coefficient (Wildman–Crippen LogP) is 5.19. The lowest BCUT2D eigenvalue weighted by Gasteiger charge is -2.34. The molecule has 3 nitrogen and oxygen atoms in total. The Kier molecular flexibility index (Phi) is 4.48. The van der Waals surface area contributed by atoms with Crippen LogP contribution < -0.4 is 10.1 Å². The second kappa shape index (κ2) is 6.95. The number of rotatable bonds is 3. The van der Waals surface area contributed by atoms with Crippen LogP contribution in [0.3, 0.4) is 0 Å². The SMILES string of the molecule is CNc1ccc(C2c3ccc(O)cc3OCC2c2ccc(F)c(C)c2)cc1. The average molecular weight is 363 g/mol. The van der Waals surface area contributed by atoms with E-state index in [-0.39, 0.29) is 23.4 Å². The fraction of sp³-hybridized carbons (Fsp3) is 0.217. The van der Waals surface area contributed by atoms with Gasteiger partial charge in [0.25, 0.3) is 0 Å². The van der Waals surface area contributed by atoms with Crippen molar-refractivity contribution >= 4 is 5.69 Å². The number of phenolic OH excluding ortho intramolecular Hbond substituents is 1. The lowest BCUT2D eigenvalue weighted by atomic mass is 9.75. The lowest BCUT2D eigenvalue weighted by molar-refractivity contribution is 0.247. The van der Waals surface area contributed by atoms with E-state index in [1.807, 2.05) is 25.2 Å². The molecule has 3 aromatic rings. The fourth-order valence-electron chi connectivity index (χ4n) is 3.85. The van der Waals surface area contributed by atoms with Crippen LogP contribution in [0.2, 0.25) is 0 Å². The molecule has 0 aromatic heterocycles. The van der Waals surface area contributed by atoms with Gasteiger partial charge in [0.2, 0.25) is 0 Å². The molecule has 0 fully saturated rings. The fourth-order valence-corrected chi connectivity index (χ4v) is 3.85. The predicted molar refractivity (Wildman–Crippen MR) is 105 cm³/mol. The second-order valence-electron chi connectivity index (χ2n) is 7.00. The number of anilines is 1. The van der Waals surface area contributed by atoms with Gasteiger partial charge in [-0.1, -0.05) is 30.3 Å². The molecule has 1 aliphatic rings. The van der Waals surface area contributed by atoms with Crippen LogP contribution >= 0.6 is 0 Å². The zero-order valence-corrected chi connectivity index (χ0v) is 15.4. The Labute approximate surface area is 158 Å². The molecule has 4 heteroatoms. The molecule has 4 rings (SSSR count). The molecule has 0 saturated carbocycles. The summed E-state index contributed by atoms with van der Waals surface area (Å²) in [7, 11) is 1.89. The van der Waals surface area contributed by atoms with Crippen LogP contribution in [-0.2, 0) is 0 Å². The third-order valence-electron chi connectivity index (χ3n) is 5.32. The van der Waals surface area contributed by atoms with E-state index in [4.69, 9.17) is 4.74 Å². The highest BCUT2D eigenvalue weighted by Gasteiger charge is 2.33. The lowest BCUT2D eigenvalue weighted by Crippen LogP contribution is -2.25. The molecule has 0 saturated heterocycles. The van der Waals surface area contributed by atoms with Crippen molar-refractivity contribution in [3.05, 3.63) is 88.7 Å². The number of ether oxygens (including phenoxy) is 1. The van der Waals surface area contributed by atoms with Gasteiger partial charge in [-0.05, 0) is 47.9 Å². The Hall–Kier alpha value is -3.01. The summed E-state index contributed by atoms with van der Waals surface area (Å²) in [5.74, 6) is 0.810. The zero-order valence-electron chi connectivity index (χ0n) is 15.4. The Bertz CT molecular complexity index is 969. The minimum atomic E-state index is -0.198. The quantitative estimate of drug-likeness (QED) is 0.673. The molecule has 0 spiro atoms. The molecule has 0 bridgehead atoms. The second-order valence-corrected chi connectivity index (χ2v) is 7.00. The van der Waals surface area contributed by atoms with E-state index in [1.165, 1.54) is 6.07 Å². The Morgan fingerprint density at radius 3 is 2.44 bits per heavy atom. The van der Waals surface area contributed by atoms with E-state index >= 15 is 0 Å². The van der Waals surface area contributed by atoms with Gasteiger partial charge >= 0.3 is 0 Å². The minimum Gasteiger partial charge on any atom is -0.508 e. The van der Waals surface area contributed by atoms with Gasteiger partial charge in [0, 0.05) is 36.2 Å². The van der Waals surface area contributed by atoms with Gasteiger partial charge in [0.15, 0.2) is 0 Å². The molecule has 2 unspecified atom stereocenters. The molecule has 27 heavy (non-hydrogen) atoms. The number of hydrogen-bond acceptors (Lipinski definition) is 3. The van der Waals surface area contributed by atoms with Gasteiger partial charge in [-0.25, -0.2) is 4.39 Å². The summed E-state index contributed by atoms with van der Waals surface area (Å²) in [5, 5.41) is 13.0. The molecule has 0 amide bonds. The van der Waals surface area contributed by atoms with Crippen molar-refractivity contribution in [1.82, 2.24) is 0 Å². The molecular formula is C23H22FNO2. The number of benzene rings is 3. The molecule has 3 aromatic carbocycles. The smallest absolute Gasteiger partial charge is 0.126 e. The number of aromatic hydroxyl groups is 1. The highest BCUT2D eigenvalue weighted by Crippen LogP contribution is 2.47. The third kappa shape index (κ3) is 3.23. The van der Waals surface area contributed by atoms with Crippen LogP contribution in [0.1, 0.15) is 34.1 Å². The van der Waals surface area contributed by atoms with E-state index in [2.05, 4.69) is 29.6 Å². The van der Waals surface area contributed by atoms with Gasteiger partial charge in [0.05, 0.1) is 6.61 Å². The maximum atomic E-state index is 13.8.